The summed E-state index contributed by atoms with van der Waals surface area (Å²) in [5, 5.41) is 11.9. The number of carbonyl (C=O) groups excluding carboxylic acids is 2. The third-order valence-electron chi connectivity index (χ3n) is 6.27. The lowest BCUT2D eigenvalue weighted by atomic mass is 9.98. The number of nitrogens with one attached hydrogen (secondary N) is 1. The molecule has 0 saturated heterocycles. The Labute approximate surface area is 193 Å². The van der Waals surface area contributed by atoms with Crippen molar-refractivity contribution in [1.82, 2.24) is 15.1 Å². The Morgan fingerprint density at radius 2 is 1.58 bits per heavy atom. The number of benzene rings is 2. The predicted molar refractivity (Wildman–Crippen MR) is 123 cm³/mol. The van der Waals surface area contributed by atoms with Gasteiger partial charge in [-0.05, 0) is 49.2 Å². The van der Waals surface area contributed by atoms with E-state index in [1.807, 2.05) is 55.4 Å². The maximum absolute atomic E-state index is 13.1. The molecule has 0 aromatic heterocycles. The molecule has 33 heavy (non-hydrogen) atoms. The van der Waals surface area contributed by atoms with Crippen LogP contribution in [0.25, 0.3) is 11.1 Å². The second-order valence-electron chi connectivity index (χ2n) is 8.96. The van der Waals surface area contributed by atoms with E-state index in [4.69, 9.17) is 4.74 Å². The SMILES string of the molecule is CN(C)CCN(CC(=O)O)C(=O)C1(NC(=O)OCC2c3ccccc3-c3ccccc32)CC1. The molecule has 2 aliphatic carbocycles. The molecule has 0 atom stereocenters. The highest BCUT2D eigenvalue weighted by molar-refractivity contribution is 5.94. The van der Waals surface area contributed by atoms with E-state index in [9.17, 15) is 19.5 Å². The zero-order valence-electron chi connectivity index (χ0n) is 18.9. The molecule has 4 rings (SSSR count). The van der Waals surface area contributed by atoms with Gasteiger partial charge in [0.1, 0.15) is 18.7 Å². The molecule has 2 amide bonds. The van der Waals surface area contributed by atoms with Crippen molar-refractivity contribution in [3.63, 3.8) is 0 Å². The lowest BCUT2D eigenvalue weighted by molar-refractivity contribution is -0.145. The summed E-state index contributed by atoms with van der Waals surface area (Å²) in [6, 6.07) is 16.2. The van der Waals surface area contributed by atoms with Gasteiger partial charge < -0.3 is 25.0 Å². The van der Waals surface area contributed by atoms with Gasteiger partial charge >= 0.3 is 12.1 Å². The highest BCUT2D eigenvalue weighted by Crippen LogP contribution is 2.44. The van der Waals surface area contributed by atoms with E-state index in [2.05, 4.69) is 17.4 Å². The molecule has 2 aromatic carbocycles. The molecule has 0 aliphatic heterocycles. The van der Waals surface area contributed by atoms with E-state index in [-0.39, 0.29) is 25.0 Å². The lowest BCUT2D eigenvalue weighted by Gasteiger charge is -2.27. The number of fused-ring (bicyclic) bond motifs is 3. The highest BCUT2D eigenvalue weighted by atomic mass is 16.5. The fraction of sp³-hybridized carbons (Fsp3) is 0.400. The number of carboxylic acids is 1. The Bertz CT molecular complexity index is 1020. The topological polar surface area (TPSA) is 99.2 Å². The smallest absolute Gasteiger partial charge is 0.408 e. The number of ether oxygens (including phenoxy) is 1. The van der Waals surface area contributed by atoms with Crippen LogP contribution in [0, 0.1) is 0 Å². The van der Waals surface area contributed by atoms with Crippen molar-refractivity contribution in [2.75, 3.05) is 40.3 Å². The lowest BCUT2D eigenvalue weighted by Crippen LogP contribution is -2.53. The van der Waals surface area contributed by atoms with Gasteiger partial charge in [-0.3, -0.25) is 9.59 Å². The first-order valence-electron chi connectivity index (χ1n) is 11.1. The normalized spacial score (nSPS) is 15.5. The molecule has 174 valence electrons. The molecule has 1 fully saturated rings. The van der Waals surface area contributed by atoms with Crippen LogP contribution in [0.4, 0.5) is 4.79 Å². The minimum atomic E-state index is -1.08. The Hall–Kier alpha value is -3.39. The molecule has 1 saturated carbocycles. The number of amides is 2. The molecule has 0 unspecified atom stereocenters. The van der Waals surface area contributed by atoms with E-state index in [1.54, 1.807) is 0 Å². The zero-order chi connectivity index (χ0) is 23.6. The van der Waals surface area contributed by atoms with E-state index < -0.39 is 24.1 Å². The van der Waals surface area contributed by atoms with Crippen LogP contribution in [0.15, 0.2) is 48.5 Å². The van der Waals surface area contributed by atoms with Crippen molar-refractivity contribution >= 4 is 18.0 Å². The van der Waals surface area contributed by atoms with Gasteiger partial charge in [0.2, 0.25) is 5.91 Å². The maximum atomic E-state index is 13.1. The molecule has 8 nitrogen and oxygen atoms in total. The number of alkyl carbamates (subject to hydrolysis) is 1. The van der Waals surface area contributed by atoms with Crippen molar-refractivity contribution in [2.45, 2.75) is 24.3 Å². The van der Waals surface area contributed by atoms with Gasteiger partial charge in [0, 0.05) is 19.0 Å². The summed E-state index contributed by atoms with van der Waals surface area (Å²) in [4.78, 5) is 40.2. The van der Waals surface area contributed by atoms with Crippen LogP contribution in [0.3, 0.4) is 0 Å². The molecule has 0 heterocycles. The Kier molecular flexibility index (Phi) is 6.37. The summed E-state index contributed by atoms with van der Waals surface area (Å²) < 4.78 is 5.58. The molecular weight excluding hydrogens is 422 g/mol. The van der Waals surface area contributed by atoms with Crippen LogP contribution in [-0.2, 0) is 14.3 Å². The van der Waals surface area contributed by atoms with Crippen molar-refractivity contribution in [2.24, 2.45) is 0 Å². The molecule has 0 radical (unpaired) electrons. The summed E-state index contributed by atoms with van der Waals surface area (Å²) in [5.41, 5.74) is 3.42. The first kappa shape index (κ1) is 22.8. The summed E-state index contributed by atoms with van der Waals surface area (Å²) in [5.74, 6) is -1.53. The summed E-state index contributed by atoms with van der Waals surface area (Å²) in [6.07, 6.45) is 0.271. The third kappa shape index (κ3) is 4.85. The number of carboxylic acid groups (broad SMARTS) is 1. The van der Waals surface area contributed by atoms with E-state index in [1.165, 1.54) is 4.90 Å². The van der Waals surface area contributed by atoms with Crippen molar-refractivity contribution in [3.05, 3.63) is 59.7 Å². The minimum absolute atomic E-state index is 0.0717. The molecule has 8 heteroatoms. The summed E-state index contributed by atoms with van der Waals surface area (Å²) >= 11 is 0. The van der Waals surface area contributed by atoms with Crippen molar-refractivity contribution in [1.29, 1.82) is 0 Å². The molecule has 0 spiro atoms. The Morgan fingerprint density at radius 3 is 2.09 bits per heavy atom. The minimum Gasteiger partial charge on any atom is -0.480 e. The van der Waals surface area contributed by atoms with Crippen LogP contribution < -0.4 is 5.32 Å². The van der Waals surface area contributed by atoms with Crippen LogP contribution in [0.2, 0.25) is 0 Å². The average molecular weight is 452 g/mol. The van der Waals surface area contributed by atoms with Gasteiger partial charge in [0.15, 0.2) is 0 Å². The van der Waals surface area contributed by atoms with Gasteiger partial charge in [0.25, 0.3) is 0 Å². The van der Waals surface area contributed by atoms with Crippen LogP contribution in [-0.4, -0.2) is 78.8 Å². The predicted octanol–water partition coefficient (Wildman–Crippen LogP) is 2.53. The van der Waals surface area contributed by atoms with E-state index in [0.717, 1.165) is 22.3 Å². The second-order valence-corrected chi connectivity index (χ2v) is 8.96. The Morgan fingerprint density at radius 1 is 1.00 bits per heavy atom. The zero-order valence-corrected chi connectivity index (χ0v) is 18.9. The number of hydrogen-bond acceptors (Lipinski definition) is 5. The number of nitrogens with zero attached hydrogens (tertiary/aromatic N) is 2. The fourth-order valence-corrected chi connectivity index (χ4v) is 4.39. The molecule has 2 N–H and O–H groups in total. The van der Waals surface area contributed by atoms with E-state index >= 15 is 0 Å². The van der Waals surface area contributed by atoms with Crippen LogP contribution >= 0.6 is 0 Å². The first-order chi connectivity index (χ1) is 15.8. The number of carbonyl (C=O) groups is 3. The van der Waals surface area contributed by atoms with Gasteiger partial charge in [-0.1, -0.05) is 48.5 Å². The number of rotatable bonds is 9. The van der Waals surface area contributed by atoms with Gasteiger partial charge in [-0.2, -0.15) is 0 Å². The Balaban J connectivity index is 1.41. The van der Waals surface area contributed by atoms with Crippen LogP contribution in [0.5, 0.6) is 0 Å². The van der Waals surface area contributed by atoms with E-state index in [0.29, 0.717) is 19.4 Å². The average Bonchev–Trinajstić information content (AvgIpc) is 3.49. The largest absolute Gasteiger partial charge is 0.480 e. The highest BCUT2D eigenvalue weighted by Gasteiger charge is 2.53. The van der Waals surface area contributed by atoms with Crippen molar-refractivity contribution in [3.8, 4) is 11.1 Å². The number of likely N-dealkylation sites (N-methyl/N-ethyl adjacent to an activating group) is 1. The monoisotopic (exact) mass is 451 g/mol. The van der Waals surface area contributed by atoms with Gasteiger partial charge in [0.05, 0.1) is 0 Å². The molecule has 2 aliphatic rings. The second kappa shape index (κ2) is 9.23. The maximum Gasteiger partial charge on any atom is 0.408 e. The van der Waals surface area contributed by atoms with Crippen LogP contribution in [0.1, 0.15) is 29.9 Å². The van der Waals surface area contributed by atoms with Gasteiger partial charge in [-0.15, -0.1) is 0 Å². The first-order valence-corrected chi connectivity index (χ1v) is 11.1. The fourth-order valence-electron chi connectivity index (χ4n) is 4.39. The molecule has 0 bridgehead atoms. The third-order valence-corrected chi connectivity index (χ3v) is 6.27. The quantitative estimate of drug-likeness (QED) is 0.608. The summed E-state index contributed by atoms with van der Waals surface area (Å²) in [7, 11) is 3.70. The molecular formula is C25H29N3O5. The number of hydrogen-bond donors (Lipinski definition) is 2. The summed E-state index contributed by atoms with van der Waals surface area (Å²) in [6.45, 7) is 0.552. The number of aliphatic carboxylic acids is 1. The van der Waals surface area contributed by atoms with Gasteiger partial charge in [-0.25, -0.2) is 4.79 Å². The standard InChI is InChI=1S/C25H29N3O5/c1-27(2)13-14-28(15-22(29)30)23(31)25(11-12-25)26-24(32)33-16-21-19-9-5-3-7-17(19)18-8-4-6-10-20(18)21/h3-10,21H,11-16H2,1-2H3,(H,26,32)(H,29,30). The molecule has 2 aromatic rings. The van der Waals surface area contributed by atoms with Crippen molar-refractivity contribution < 1.29 is 24.2 Å².